The lowest BCUT2D eigenvalue weighted by Crippen LogP contribution is -2.64. The van der Waals surface area contributed by atoms with Crippen molar-refractivity contribution in [2.75, 3.05) is 28.4 Å². The number of esters is 1. The van der Waals surface area contributed by atoms with Gasteiger partial charge in [-0.3, -0.25) is 67.5 Å². The van der Waals surface area contributed by atoms with Gasteiger partial charge in [-0.2, -0.15) is 5.06 Å². The molecule has 0 spiro atoms. The molecule has 5 aromatic rings. The Balaban J connectivity index is 0.827. The molecule has 5 saturated heterocycles. The van der Waals surface area contributed by atoms with E-state index in [9.17, 15) is 38.4 Å². The Kier molecular flexibility index (Phi) is 15.4. The second kappa shape index (κ2) is 22.9. The molecule has 5 aromatic carbocycles. The third-order valence-electron chi connectivity index (χ3n) is 19.1. The van der Waals surface area contributed by atoms with Crippen LogP contribution in [0.5, 0.6) is 5.75 Å². The number of anilines is 3. The Morgan fingerprint density at radius 2 is 1.10 bits per heavy atom. The van der Waals surface area contributed by atoms with Gasteiger partial charge in [0.15, 0.2) is 5.78 Å². The van der Waals surface area contributed by atoms with Crippen LogP contribution in [-0.4, -0.2) is 106 Å². The molecule has 9 unspecified atom stereocenters. The van der Waals surface area contributed by atoms with Gasteiger partial charge < -0.3 is 10.1 Å². The highest BCUT2D eigenvalue weighted by molar-refractivity contribution is 6.25. The molecule has 19 nitrogen and oxygen atoms in total. The van der Waals surface area contributed by atoms with E-state index in [2.05, 4.69) is 5.32 Å². The normalized spacial score (nSPS) is 26.2. The first-order valence-electron chi connectivity index (χ1n) is 30.0. The highest BCUT2D eigenvalue weighted by Gasteiger charge is 2.64. The lowest BCUT2D eigenvalue weighted by Gasteiger charge is -2.54. The zero-order valence-corrected chi connectivity index (χ0v) is 49.8. The number of benzene rings is 5. The second-order valence-corrected chi connectivity index (χ2v) is 25.9. The van der Waals surface area contributed by atoms with E-state index in [4.69, 9.17) is 9.57 Å². The molecule has 0 radical (unpaired) electrons. The Morgan fingerprint density at radius 3 is 1.70 bits per heavy atom. The number of carbonyl (C=O) groups excluding carboxylic acids is 11. The number of Topliss-reactive ketones (excluding diaryl/α,β-unsaturated/α-hetero) is 1. The number of piperidine rings is 5. The van der Waals surface area contributed by atoms with Gasteiger partial charge >= 0.3 is 5.97 Å². The number of carbonyl (C=O) groups is 11. The van der Waals surface area contributed by atoms with Crippen molar-refractivity contribution in [3.05, 3.63) is 161 Å². The van der Waals surface area contributed by atoms with Crippen molar-refractivity contribution in [3.63, 3.8) is 0 Å². The van der Waals surface area contributed by atoms with E-state index in [1.54, 1.807) is 37.3 Å². The predicted molar refractivity (Wildman–Crippen MR) is 321 cm³/mol. The average Bonchev–Trinajstić information content (AvgIpc) is 1.81. The molecule has 2 saturated carbocycles. The van der Waals surface area contributed by atoms with Gasteiger partial charge in [-0.1, -0.05) is 91.0 Å². The maximum absolute atomic E-state index is 15.2. The van der Waals surface area contributed by atoms with Gasteiger partial charge in [0.05, 0.1) is 47.3 Å². The number of nitrogens with zero attached hydrogens (tertiary/aromatic N) is 5. The van der Waals surface area contributed by atoms with Crippen LogP contribution in [0.4, 0.5) is 17.1 Å². The van der Waals surface area contributed by atoms with Crippen LogP contribution < -0.4 is 24.8 Å². The number of ether oxygens (including phenoxy) is 1. The van der Waals surface area contributed by atoms with Crippen LogP contribution in [0.15, 0.2) is 133 Å². The summed E-state index contributed by atoms with van der Waals surface area (Å²) in [6, 6.07) is 36.0. The van der Waals surface area contributed by atoms with E-state index in [1.165, 1.54) is 37.4 Å². The van der Waals surface area contributed by atoms with Crippen LogP contribution in [0, 0.1) is 54.3 Å². The molecular formula is C69H68N6O13. The lowest BCUT2D eigenvalue weighted by molar-refractivity contribution is -0.285. The summed E-state index contributed by atoms with van der Waals surface area (Å²) in [4.78, 5) is 168. The highest BCUT2D eigenvalue weighted by atomic mass is 16.7. The molecule has 5 heterocycles. The average molecular weight is 1190 g/mol. The number of amides is 9. The third-order valence-corrected chi connectivity index (χ3v) is 19.1. The molecule has 7 fully saturated rings. The van der Waals surface area contributed by atoms with Gasteiger partial charge in [0.25, 0.3) is 5.91 Å². The highest BCUT2D eigenvalue weighted by Crippen LogP contribution is 2.55. The fraction of sp³-hybridized carbons (Fsp3) is 0.377. The van der Waals surface area contributed by atoms with Crippen LogP contribution in [0.3, 0.4) is 0 Å². The van der Waals surface area contributed by atoms with Crippen LogP contribution >= 0.6 is 0 Å². The number of hydroxylamine groups is 2. The van der Waals surface area contributed by atoms with E-state index >= 15 is 14.4 Å². The minimum absolute atomic E-state index is 0.0225. The Morgan fingerprint density at radius 1 is 0.591 bits per heavy atom. The summed E-state index contributed by atoms with van der Waals surface area (Å²) in [5.41, 5.74) is 1.11. The van der Waals surface area contributed by atoms with Gasteiger partial charge in [-0.25, -0.2) is 9.69 Å². The van der Waals surface area contributed by atoms with E-state index < -0.39 is 124 Å². The van der Waals surface area contributed by atoms with Crippen LogP contribution in [-0.2, 0) is 48.0 Å². The van der Waals surface area contributed by atoms with Crippen molar-refractivity contribution in [1.29, 1.82) is 0 Å². The Bertz CT molecular complexity index is 3770. The van der Waals surface area contributed by atoms with Crippen molar-refractivity contribution in [2.24, 2.45) is 47.3 Å². The van der Waals surface area contributed by atoms with Gasteiger partial charge in [0.1, 0.15) is 5.75 Å². The van der Waals surface area contributed by atoms with Gasteiger partial charge in [-0.05, 0) is 125 Å². The molecule has 9 amide bonds. The molecule has 7 aliphatic rings. The standard InChI is InChI=1S/C69H68N6O13/c1-38-24-45(30-48(25-38)88-58(79)23-22-39-16-10-7-11-17-39)72-56(77)34-50-52-32-54(60(50)67(72)86)65(84)74(64(52)83)47-27-42(26-46(29-47)73-57(78)33-49-51-31-53(59(49)66(73)85)63(82)71(6)62(51)81)61(80)70-44-35-68(2,3)75(69(4,5)36-44)87-37-43(40-18-12-8-13-19-40)28-55(76)41-20-14-9-15-21-41/h7-27,29-30,43-44,49-54,59-60H,28,31-37H2,1-6H3,(H,70,80)/b23-22+. The predicted octanol–water partition coefficient (Wildman–Crippen LogP) is 8.19. The third kappa shape index (κ3) is 10.8. The van der Waals surface area contributed by atoms with E-state index in [0.29, 0.717) is 24.0 Å². The first-order chi connectivity index (χ1) is 42.0. The van der Waals surface area contributed by atoms with E-state index in [-0.39, 0.29) is 78.8 Å². The van der Waals surface area contributed by atoms with Crippen molar-refractivity contribution in [1.82, 2.24) is 15.3 Å². The summed E-state index contributed by atoms with van der Waals surface area (Å²) in [5, 5.41) is 5.10. The number of likely N-dealkylation sites (tertiary alicyclic amines) is 1. The number of aryl methyl sites for hydroxylation is 1. The SMILES string of the molecule is Cc1cc(OC(=O)/C=C/c2ccccc2)cc(N2C(=O)CC3C4CC(C(=O)N(c5cc(C(=O)NC6CC(C)(C)N(OCC(CC(=O)c7ccccc7)c7ccccc7)C(C)(C)C6)cc(N6C(=O)CC7C8CC(C(=O)N(C)C8=O)C7C6=O)c5)C4=O)C3C2=O)c1. The van der Waals surface area contributed by atoms with Crippen molar-refractivity contribution in [3.8, 4) is 5.75 Å². The zero-order chi connectivity index (χ0) is 62.2. The van der Waals surface area contributed by atoms with Gasteiger partial charge in [-0.15, -0.1) is 0 Å². The molecule has 5 aliphatic heterocycles. The molecule has 12 rings (SSSR count). The molecule has 4 bridgehead atoms. The first kappa shape index (κ1) is 59.3. The number of fused-ring (bicyclic) bond motifs is 10. The van der Waals surface area contributed by atoms with Crippen molar-refractivity contribution in [2.45, 2.75) is 103 Å². The number of ketones is 1. The topological polar surface area (TPSA) is 234 Å². The zero-order valence-electron chi connectivity index (χ0n) is 49.8. The molecule has 0 aromatic heterocycles. The number of imide groups is 4. The van der Waals surface area contributed by atoms with Crippen LogP contribution in [0.1, 0.15) is 116 Å². The molecule has 452 valence electrons. The van der Waals surface area contributed by atoms with E-state index in [1.807, 2.05) is 112 Å². The Labute approximate surface area is 508 Å². The summed E-state index contributed by atoms with van der Waals surface area (Å²) in [5.74, 6) is -14.5. The van der Waals surface area contributed by atoms with Gasteiger partial charge in [0.2, 0.25) is 47.3 Å². The molecule has 19 heteroatoms. The monoisotopic (exact) mass is 1190 g/mol. The number of hydrogen-bond donors (Lipinski definition) is 1. The molecule has 88 heavy (non-hydrogen) atoms. The summed E-state index contributed by atoms with van der Waals surface area (Å²) >= 11 is 0. The van der Waals surface area contributed by atoms with Crippen LogP contribution in [0.25, 0.3) is 6.08 Å². The number of nitrogens with one attached hydrogen (secondary N) is 1. The number of hydrogen-bond acceptors (Lipinski definition) is 14. The quantitative estimate of drug-likeness (QED) is 0.0342. The fourth-order valence-corrected chi connectivity index (χ4v) is 15.5. The van der Waals surface area contributed by atoms with Crippen LogP contribution in [0.2, 0.25) is 0 Å². The molecule has 9 atom stereocenters. The van der Waals surface area contributed by atoms with Gasteiger partial charge in [0, 0.05) is 84.5 Å². The Hall–Kier alpha value is -9.07. The summed E-state index contributed by atoms with van der Waals surface area (Å²) in [6.45, 7) is 9.86. The van der Waals surface area contributed by atoms with Crippen molar-refractivity contribution < 1.29 is 62.3 Å². The van der Waals surface area contributed by atoms with Crippen molar-refractivity contribution >= 4 is 88.1 Å². The summed E-state index contributed by atoms with van der Waals surface area (Å²) in [6.07, 6.45) is 3.27. The minimum atomic E-state index is -1.14. The molecule has 1 N–H and O–H groups in total. The molecular weight excluding hydrogens is 1120 g/mol. The smallest absolute Gasteiger partial charge is 0.336 e. The summed E-state index contributed by atoms with van der Waals surface area (Å²) in [7, 11) is 1.36. The minimum Gasteiger partial charge on any atom is -0.423 e. The molecule has 2 aliphatic carbocycles. The summed E-state index contributed by atoms with van der Waals surface area (Å²) < 4.78 is 5.63. The fourth-order valence-electron chi connectivity index (χ4n) is 15.5. The second-order valence-electron chi connectivity index (χ2n) is 25.9. The lowest BCUT2D eigenvalue weighted by atomic mass is 9.78. The largest absolute Gasteiger partial charge is 0.423 e. The number of rotatable bonds is 15. The maximum atomic E-state index is 15.2. The first-order valence-corrected chi connectivity index (χ1v) is 30.0. The van der Waals surface area contributed by atoms with E-state index in [0.717, 1.165) is 30.7 Å². The maximum Gasteiger partial charge on any atom is 0.336 e.